The van der Waals surface area contributed by atoms with Crippen molar-refractivity contribution in [2.24, 2.45) is 7.05 Å². The molecule has 0 saturated carbocycles. The molecule has 0 fully saturated rings. The number of phenolic OH excluding ortho intramolecular Hbond substituents is 1. The molecule has 0 radical (unpaired) electrons. The molecule has 1 N–H and O–H groups in total. The fourth-order valence-corrected chi connectivity index (χ4v) is 0.927. The second-order valence-corrected chi connectivity index (χ2v) is 2.24. The maximum atomic E-state index is 9.46. The second-order valence-electron chi connectivity index (χ2n) is 2.24. The first-order chi connectivity index (χ1) is 7.37. The predicted octanol–water partition coefficient (Wildman–Crippen LogP) is 1.88. The number of aromatic hydroxyl groups is 1. The number of nitrogens with zero attached hydrogens (tertiary/aromatic N) is 1. The van der Waals surface area contributed by atoms with Gasteiger partial charge in [0.15, 0.2) is 0 Å². The van der Waals surface area contributed by atoms with E-state index < -0.39 is 11.8 Å². The topological polar surface area (TPSA) is 25.2 Å². The summed E-state index contributed by atoms with van der Waals surface area (Å²) < 4.78 is 39.2. The molecule has 1 aromatic heterocycles. The van der Waals surface area contributed by atoms with Gasteiger partial charge < -0.3 is 9.67 Å². The highest BCUT2D eigenvalue weighted by Crippen LogP contribution is 2.19. The van der Waals surface area contributed by atoms with Gasteiger partial charge in [0.25, 0.3) is 0 Å². The molecule has 1 heterocycles. The summed E-state index contributed by atoms with van der Waals surface area (Å²) in [5.74, 6) is -0.614. The standard InChI is InChI=1S/C9H9NO/c1-10-5-4-7-6-8(11)2-3-9(7)10/h2-6,11H,1H3/i2D,3D,4D,5D,6D. The largest absolute Gasteiger partial charge is 0.508 e. The number of benzene rings is 1. The third-order valence-corrected chi connectivity index (χ3v) is 1.46. The van der Waals surface area contributed by atoms with Crippen molar-refractivity contribution in [2.75, 3.05) is 0 Å². The Morgan fingerprint density at radius 3 is 3.09 bits per heavy atom. The van der Waals surface area contributed by atoms with Crippen LogP contribution in [0, 0.1) is 0 Å². The van der Waals surface area contributed by atoms with Gasteiger partial charge in [-0.3, -0.25) is 0 Å². The van der Waals surface area contributed by atoms with Crippen molar-refractivity contribution in [1.82, 2.24) is 4.57 Å². The molecular weight excluding hydrogens is 138 g/mol. The van der Waals surface area contributed by atoms with Gasteiger partial charge in [-0.2, -0.15) is 0 Å². The summed E-state index contributed by atoms with van der Waals surface area (Å²) >= 11 is 0. The van der Waals surface area contributed by atoms with Gasteiger partial charge in [0, 0.05) is 24.1 Å². The van der Waals surface area contributed by atoms with Crippen LogP contribution in [0.3, 0.4) is 0 Å². The molecule has 0 amide bonds. The van der Waals surface area contributed by atoms with E-state index in [4.69, 9.17) is 6.85 Å². The van der Waals surface area contributed by atoms with Gasteiger partial charge in [-0.25, -0.2) is 0 Å². The van der Waals surface area contributed by atoms with Gasteiger partial charge >= 0.3 is 0 Å². The molecule has 56 valence electrons. The Balaban J connectivity index is 3.15. The number of rotatable bonds is 0. The molecule has 2 rings (SSSR count). The smallest absolute Gasteiger partial charge is 0.116 e. The number of aromatic nitrogens is 1. The first-order valence-electron chi connectivity index (χ1n) is 5.62. The summed E-state index contributed by atoms with van der Waals surface area (Å²) in [6, 6.07) is -1.28. The van der Waals surface area contributed by atoms with Gasteiger partial charge in [-0.05, 0) is 24.2 Å². The molecule has 1 aromatic carbocycles. The summed E-state index contributed by atoms with van der Waals surface area (Å²) in [6.07, 6.45) is -0.137. The molecule has 0 bridgehead atoms. The Kier molecular flexibility index (Phi) is 0.531. The Bertz CT molecular complexity index is 553. The molecule has 0 aliphatic rings. The van der Waals surface area contributed by atoms with E-state index in [1.54, 1.807) is 0 Å². The molecule has 0 atom stereocenters. The van der Waals surface area contributed by atoms with Gasteiger partial charge in [-0.1, -0.05) is 0 Å². The lowest BCUT2D eigenvalue weighted by atomic mass is 10.2. The molecule has 2 nitrogen and oxygen atoms in total. The van der Waals surface area contributed by atoms with Crippen LogP contribution in [0.1, 0.15) is 6.85 Å². The molecule has 2 heteroatoms. The van der Waals surface area contributed by atoms with E-state index in [-0.39, 0.29) is 35.2 Å². The van der Waals surface area contributed by atoms with E-state index >= 15 is 0 Å². The average Bonchev–Trinajstić information content (AvgIpc) is 2.48. The molecule has 0 spiro atoms. The zero-order valence-electron chi connectivity index (χ0n) is 10.9. The minimum Gasteiger partial charge on any atom is -0.508 e. The van der Waals surface area contributed by atoms with Crippen LogP contribution in [0.15, 0.2) is 30.3 Å². The second kappa shape index (κ2) is 2.02. The molecule has 0 unspecified atom stereocenters. The predicted molar refractivity (Wildman–Crippen MR) is 44.6 cm³/mol. The lowest BCUT2D eigenvalue weighted by molar-refractivity contribution is 0.476. The maximum Gasteiger partial charge on any atom is 0.116 e. The molecule has 0 saturated heterocycles. The number of aryl methyl sites for hydroxylation is 1. The van der Waals surface area contributed by atoms with Gasteiger partial charge in [-0.15, -0.1) is 0 Å². The quantitative estimate of drug-likeness (QED) is 0.612. The van der Waals surface area contributed by atoms with Crippen molar-refractivity contribution in [2.45, 2.75) is 0 Å². The van der Waals surface area contributed by atoms with E-state index in [2.05, 4.69) is 0 Å². The van der Waals surface area contributed by atoms with E-state index in [0.29, 0.717) is 0 Å². The molecule has 0 aliphatic heterocycles. The Morgan fingerprint density at radius 1 is 1.45 bits per heavy atom. The van der Waals surface area contributed by atoms with Crippen molar-refractivity contribution in [3.05, 3.63) is 30.3 Å². The Hall–Kier alpha value is -1.44. The van der Waals surface area contributed by atoms with Gasteiger partial charge in [0.1, 0.15) is 5.75 Å². The lowest BCUT2D eigenvalue weighted by Crippen LogP contribution is -1.81. The van der Waals surface area contributed by atoms with Gasteiger partial charge in [0.2, 0.25) is 0 Å². The highest BCUT2D eigenvalue weighted by molar-refractivity contribution is 5.81. The Morgan fingerprint density at radius 2 is 2.27 bits per heavy atom. The average molecular weight is 152 g/mol. The SMILES string of the molecule is [2H]c1c(O)c([2H])c2c([2H])c([2H])n(C)c2c1[2H]. The van der Waals surface area contributed by atoms with Crippen LogP contribution in [-0.4, -0.2) is 9.67 Å². The fraction of sp³-hybridized carbons (Fsp3) is 0.111. The summed E-state index contributed by atoms with van der Waals surface area (Å²) in [7, 11) is 1.50. The van der Waals surface area contributed by atoms with Crippen LogP contribution in [0.2, 0.25) is 0 Å². The lowest BCUT2D eigenvalue weighted by Gasteiger charge is -1.95. The van der Waals surface area contributed by atoms with E-state index in [1.807, 2.05) is 0 Å². The normalized spacial score (nSPS) is 17.0. The summed E-state index contributed by atoms with van der Waals surface area (Å²) in [5, 5.41) is 9.51. The van der Waals surface area contributed by atoms with Crippen LogP contribution < -0.4 is 0 Å². The highest BCUT2D eigenvalue weighted by Gasteiger charge is 1.96. The zero-order valence-corrected chi connectivity index (χ0v) is 5.89. The third kappa shape index (κ3) is 0.871. The van der Waals surface area contributed by atoms with Crippen molar-refractivity contribution in [3.63, 3.8) is 0 Å². The van der Waals surface area contributed by atoms with Crippen molar-refractivity contribution in [1.29, 1.82) is 0 Å². The fourth-order valence-electron chi connectivity index (χ4n) is 0.927. The van der Waals surface area contributed by atoms with Gasteiger partial charge in [0.05, 0.1) is 6.85 Å². The number of phenols is 1. The van der Waals surface area contributed by atoms with Crippen LogP contribution in [-0.2, 0) is 7.05 Å². The maximum absolute atomic E-state index is 9.46. The number of hydrogen-bond acceptors (Lipinski definition) is 1. The van der Waals surface area contributed by atoms with Crippen molar-refractivity contribution in [3.8, 4) is 5.75 Å². The monoisotopic (exact) mass is 152 g/mol. The van der Waals surface area contributed by atoms with E-state index in [1.165, 1.54) is 11.6 Å². The molecule has 2 aromatic rings. The zero-order chi connectivity index (χ0) is 12.2. The molecule has 11 heavy (non-hydrogen) atoms. The summed E-state index contributed by atoms with van der Waals surface area (Å²) in [5.41, 5.74) is 0.169. The number of hydrogen-bond donors (Lipinski definition) is 1. The molecule has 0 aliphatic carbocycles. The molecular formula is C9H9NO. The highest BCUT2D eigenvalue weighted by atomic mass is 16.3. The van der Waals surface area contributed by atoms with Crippen molar-refractivity contribution >= 4 is 10.9 Å². The Labute approximate surface area is 71.7 Å². The third-order valence-electron chi connectivity index (χ3n) is 1.46. The summed E-state index contributed by atoms with van der Waals surface area (Å²) in [4.78, 5) is 0. The first-order valence-corrected chi connectivity index (χ1v) is 3.12. The van der Waals surface area contributed by atoms with Crippen LogP contribution in [0.25, 0.3) is 10.9 Å². The van der Waals surface area contributed by atoms with Crippen molar-refractivity contribution < 1.29 is 12.0 Å². The minimum atomic E-state index is -0.614. The van der Waals surface area contributed by atoms with Crippen LogP contribution in [0.4, 0.5) is 0 Å². The van der Waals surface area contributed by atoms with E-state index in [9.17, 15) is 5.11 Å². The number of fused-ring (bicyclic) bond motifs is 1. The minimum absolute atomic E-state index is 0.0472. The van der Waals surface area contributed by atoms with Crippen LogP contribution in [0.5, 0.6) is 5.75 Å². The van der Waals surface area contributed by atoms with E-state index in [0.717, 1.165) is 0 Å². The summed E-state index contributed by atoms with van der Waals surface area (Å²) in [6.45, 7) is 0. The van der Waals surface area contributed by atoms with Crippen LogP contribution >= 0.6 is 0 Å². The first kappa shape index (κ1) is 2.89.